The highest BCUT2D eigenvalue weighted by atomic mass is 32.2. The molecule has 1 aliphatic rings. The number of amides is 1. The first-order chi connectivity index (χ1) is 13.4. The van der Waals surface area contributed by atoms with Crippen LogP contribution in [-0.2, 0) is 10.5 Å². The summed E-state index contributed by atoms with van der Waals surface area (Å²) < 4.78 is 16.6. The SMILES string of the molecule is COc1ccc(CSCC(=O)N[C@H]2CC(C)(C)Oc3ccc(OC)cc32)cc1. The summed E-state index contributed by atoms with van der Waals surface area (Å²) in [6, 6.07) is 13.6. The minimum Gasteiger partial charge on any atom is -0.497 e. The van der Waals surface area contributed by atoms with Gasteiger partial charge in [0.15, 0.2) is 0 Å². The van der Waals surface area contributed by atoms with Gasteiger partial charge in [0.05, 0.1) is 26.0 Å². The molecule has 0 saturated heterocycles. The van der Waals surface area contributed by atoms with Crippen LogP contribution in [0.5, 0.6) is 17.2 Å². The van der Waals surface area contributed by atoms with Gasteiger partial charge in [-0.1, -0.05) is 12.1 Å². The second kappa shape index (κ2) is 8.78. The van der Waals surface area contributed by atoms with Gasteiger partial charge in [0.25, 0.3) is 0 Å². The topological polar surface area (TPSA) is 56.8 Å². The van der Waals surface area contributed by atoms with E-state index in [0.717, 1.165) is 28.6 Å². The Morgan fingerprint density at radius 1 is 1.14 bits per heavy atom. The van der Waals surface area contributed by atoms with Crippen LogP contribution in [0.3, 0.4) is 0 Å². The molecular formula is C22H27NO4S. The van der Waals surface area contributed by atoms with E-state index >= 15 is 0 Å². The zero-order chi connectivity index (χ0) is 20.1. The van der Waals surface area contributed by atoms with Gasteiger partial charge in [0, 0.05) is 17.7 Å². The smallest absolute Gasteiger partial charge is 0.230 e. The first-order valence-corrected chi connectivity index (χ1v) is 10.4. The molecule has 0 aliphatic carbocycles. The summed E-state index contributed by atoms with van der Waals surface area (Å²) in [5.41, 5.74) is 1.79. The molecule has 6 heteroatoms. The lowest BCUT2D eigenvalue weighted by atomic mass is 9.89. The number of thioether (sulfide) groups is 1. The molecule has 1 amide bonds. The summed E-state index contributed by atoms with van der Waals surface area (Å²) in [6.07, 6.45) is 0.710. The van der Waals surface area contributed by atoms with Crippen molar-refractivity contribution in [1.82, 2.24) is 5.32 Å². The number of carbonyl (C=O) groups is 1. The number of fused-ring (bicyclic) bond motifs is 1. The van der Waals surface area contributed by atoms with E-state index in [0.29, 0.717) is 12.2 Å². The van der Waals surface area contributed by atoms with Gasteiger partial charge in [-0.25, -0.2) is 0 Å². The van der Waals surface area contributed by atoms with E-state index in [-0.39, 0.29) is 17.6 Å². The van der Waals surface area contributed by atoms with Crippen molar-refractivity contribution in [1.29, 1.82) is 0 Å². The molecule has 0 saturated carbocycles. The van der Waals surface area contributed by atoms with Crippen LogP contribution in [0.15, 0.2) is 42.5 Å². The van der Waals surface area contributed by atoms with E-state index in [9.17, 15) is 4.79 Å². The second-order valence-electron chi connectivity index (χ2n) is 7.43. The largest absolute Gasteiger partial charge is 0.497 e. The van der Waals surface area contributed by atoms with Crippen molar-refractivity contribution in [2.75, 3.05) is 20.0 Å². The molecule has 0 aromatic heterocycles. The fourth-order valence-electron chi connectivity index (χ4n) is 3.31. The zero-order valence-corrected chi connectivity index (χ0v) is 17.6. The number of rotatable bonds is 7. The summed E-state index contributed by atoms with van der Waals surface area (Å²) >= 11 is 1.60. The molecular weight excluding hydrogens is 374 g/mol. The number of nitrogens with one attached hydrogen (secondary N) is 1. The van der Waals surface area contributed by atoms with E-state index in [4.69, 9.17) is 14.2 Å². The van der Waals surface area contributed by atoms with Crippen molar-refractivity contribution in [3.8, 4) is 17.2 Å². The number of carbonyl (C=O) groups excluding carboxylic acids is 1. The molecule has 1 aliphatic heterocycles. The Morgan fingerprint density at radius 3 is 2.50 bits per heavy atom. The molecule has 1 heterocycles. The fraction of sp³-hybridized carbons (Fsp3) is 0.409. The fourth-order valence-corrected chi connectivity index (χ4v) is 4.11. The van der Waals surface area contributed by atoms with Gasteiger partial charge in [-0.3, -0.25) is 4.79 Å². The number of hydrogen-bond acceptors (Lipinski definition) is 5. The summed E-state index contributed by atoms with van der Waals surface area (Å²) in [6.45, 7) is 4.08. The van der Waals surface area contributed by atoms with Crippen molar-refractivity contribution >= 4 is 17.7 Å². The summed E-state index contributed by atoms with van der Waals surface area (Å²) in [7, 11) is 3.29. The third-order valence-corrected chi connectivity index (χ3v) is 5.67. The van der Waals surface area contributed by atoms with E-state index in [1.165, 1.54) is 5.56 Å². The molecule has 0 unspecified atom stereocenters. The Bertz CT molecular complexity index is 820. The third-order valence-electron chi connectivity index (χ3n) is 4.67. The minimum absolute atomic E-state index is 0.0231. The van der Waals surface area contributed by atoms with Gasteiger partial charge in [-0.05, 0) is 49.7 Å². The van der Waals surface area contributed by atoms with E-state index in [1.54, 1.807) is 26.0 Å². The lowest BCUT2D eigenvalue weighted by molar-refractivity contribution is -0.119. The van der Waals surface area contributed by atoms with Crippen LogP contribution >= 0.6 is 11.8 Å². The van der Waals surface area contributed by atoms with Crippen LogP contribution in [0, 0.1) is 0 Å². The Morgan fingerprint density at radius 2 is 1.82 bits per heavy atom. The van der Waals surface area contributed by atoms with Crippen LogP contribution in [0.2, 0.25) is 0 Å². The van der Waals surface area contributed by atoms with Crippen molar-refractivity contribution in [2.24, 2.45) is 0 Å². The molecule has 5 nitrogen and oxygen atoms in total. The van der Waals surface area contributed by atoms with Gasteiger partial charge < -0.3 is 19.5 Å². The van der Waals surface area contributed by atoms with Gasteiger partial charge in [-0.2, -0.15) is 0 Å². The first-order valence-electron chi connectivity index (χ1n) is 9.27. The van der Waals surface area contributed by atoms with Crippen LogP contribution in [0.1, 0.15) is 37.4 Å². The molecule has 2 aromatic carbocycles. The highest BCUT2D eigenvalue weighted by Gasteiger charge is 2.34. The summed E-state index contributed by atoms with van der Waals surface area (Å²) in [4.78, 5) is 12.6. The van der Waals surface area contributed by atoms with Crippen LogP contribution in [-0.4, -0.2) is 31.5 Å². The summed E-state index contributed by atoms with van der Waals surface area (Å²) in [5, 5.41) is 3.17. The summed E-state index contributed by atoms with van der Waals surface area (Å²) in [5.74, 6) is 3.60. The highest BCUT2D eigenvalue weighted by molar-refractivity contribution is 7.99. The van der Waals surface area contributed by atoms with Crippen molar-refractivity contribution in [2.45, 2.75) is 37.7 Å². The molecule has 1 atom stereocenters. The highest BCUT2D eigenvalue weighted by Crippen LogP contribution is 2.41. The van der Waals surface area contributed by atoms with Crippen molar-refractivity contribution in [3.05, 3.63) is 53.6 Å². The molecule has 1 N–H and O–H groups in total. The lowest BCUT2D eigenvalue weighted by Crippen LogP contribution is -2.41. The molecule has 0 spiro atoms. The maximum Gasteiger partial charge on any atom is 0.230 e. The first kappa shape index (κ1) is 20.4. The van der Waals surface area contributed by atoms with E-state index < -0.39 is 0 Å². The second-order valence-corrected chi connectivity index (χ2v) is 8.42. The molecule has 2 aromatic rings. The molecule has 28 heavy (non-hydrogen) atoms. The molecule has 150 valence electrons. The Labute approximate surface area is 170 Å². The van der Waals surface area contributed by atoms with Gasteiger partial charge >= 0.3 is 0 Å². The maximum absolute atomic E-state index is 12.6. The predicted molar refractivity (Wildman–Crippen MR) is 112 cm³/mol. The van der Waals surface area contributed by atoms with E-state index in [2.05, 4.69) is 5.32 Å². The average Bonchev–Trinajstić information content (AvgIpc) is 2.67. The average molecular weight is 402 g/mol. The Hall–Kier alpha value is -2.34. The number of benzene rings is 2. The predicted octanol–water partition coefficient (Wildman–Crippen LogP) is 4.36. The molecule has 0 fully saturated rings. The van der Waals surface area contributed by atoms with Gasteiger partial charge in [0.2, 0.25) is 5.91 Å². The van der Waals surface area contributed by atoms with Crippen LogP contribution in [0.25, 0.3) is 0 Å². The third kappa shape index (κ3) is 5.13. The van der Waals surface area contributed by atoms with Gasteiger partial charge in [-0.15, -0.1) is 11.8 Å². The van der Waals surface area contributed by atoms with Crippen molar-refractivity contribution < 1.29 is 19.0 Å². The lowest BCUT2D eigenvalue weighted by Gasteiger charge is -2.38. The van der Waals surface area contributed by atoms with Crippen LogP contribution in [0.4, 0.5) is 0 Å². The van der Waals surface area contributed by atoms with Crippen LogP contribution < -0.4 is 19.5 Å². The Balaban J connectivity index is 1.59. The van der Waals surface area contributed by atoms with E-state index in [1.807, 2.05) is 56.3 Å². The molecule has 0 bridgehead atoms. The van der Waals surface area contributed by atoms with Crippen molar-refractivity contribution in [3.63, 3.8) is 0 Å². The number of ether oxygens (including phenoxy) is 3. The number of hydrogen-bond donors (Lipinski definition) is 1. The molecule has 3 rings (SSSR count). The number of methoxy groups -OCH3 is 2. The standard InChI is InChI=1S/C22H27NO4S/c1-22(2)12-19(18-11-17(26-4)9-10-20(18)27-22)23-21(24)14-28-13-15-5-7-16(25-3)8-6-15/h5-11,19H,12-14H2,1-4H3,(H,23,24)/t19-/m0/s1. The minimum atomic E-state index is -0.338. The molecule has 0 radical (unpaired) electrons. The Kier molecular flexibility index (Phi) is 6.39. The monoisotopic (exact) mass is 401 g/mol. The zero-order valence-electron chi connectivity index (χ0n) is 16.8. The van der Waals surface area contributed by atoms with Gasteiger partial charge in [0.1, 0.15) is 22.8 Å². The normalized spacial score (nSPS) is 17.2. The maximum atomic E-state index is 12.6. The quantitative estimate of drug-likeness (QED) is 0.747.